The van der Waals surface area contributed by atoms with Gasteiger partial charge in [0.2, 0.25) is 0 Å². The number of hydrogen-bond acceptors (Lipinski definition) is 5. The highest BCUT2D eigenvalue weighted by Gasteiger charge is 2.44. The largest absolute Gasteiger partial charge is 0.423 e. The Balaban J connectivity index is 1.64. The third kappa shape index (κ3) is 1.51. The van der Waals surface area contributed by atoms with Crippen molar-refractivity contribution in [1.82, 2.24) is 4.98 Å². The topological polar surface area (TPSA) is 47.7 Å². The first kappa shape index (κ1) is 10.3. The minimum atomic E-state index is -0.430. The van der Waals surface area contributed by atoms with Gasteiger partial charge < -0.3 is 18.8 Å². The molecule has 2 fully saturated rings. The summed E-state index contributed by atoms with van der Waals surface area (Å²) < 4.78 is 17.1. The number of aromatic nitrogens is 1. The minimum absolute atomic E-state index is 0.430. The van der Waals surface area contributed by atoms with E-state index in [0.717, 1.165) is 24.1 Å². The van der Waals surface area contributed by atoms with Crippen molar-refractivity contribution in [3.05, 3.63) is 24.3 Å². The molecule has 0 atom stereocenters. The average molecular weight is 246 g/mol. The van der Waals surface area contributed by atoms with Crippen LogP contribution in [0.15, 0.2) is 28.7 Å². The smallest absolute Gasteiger partial charge is 0.298 e. The van der Waals surface area contributed by atoms with Gasteiger partial charge in [0.15, 0.2) is 11.4 Å². The molecular formula is C13H14N2O3. The van der Waals surface area contributed by atoms with Gasteiger partial charge in [-0.05, 0) is 12.1 Å². The Morgan fingerprint density at radius 2 is 2.00 bits per heavy atom. The van der Waals surface area contributed by atoms with Crippen molar-refractivity contribution in [2.24, 2.45) is 0 Å². The maximum Gasteiger partial charge on any atom is 0.298 e. The number of rotatable bonds is 1. The van der Waals surface area contributed by atoms with E-state index in [4.69, 9.17) is 13.9 Å². The van der Waals surface area contributed by atoms with E-state index in [0.29, 0.717) is 25.8 Å². The lowest BCUT2D eigenvalue weighted by atomic mass is 10.2. The monoisotopic (exact) mass is 246 g/mol. The molecule has 0 N–H and O–H groups in total. The molecule has 2 saturated heterocycles. The van der Waals surface area contributed by atoms with E-state index < -0.39 is 5.79 Å². The van der Waals surface area contributed by atoms with Crippen LogP contribution >= 0.6 is 0 Å². The number of fused-ring (bicyclic) bond motifs is 1. The number of oxazole rings is 1. The fourth-order valence-electron chi connectivity index (χ4n) is 2.65. The molecule has 2 aliphatic rings. The van der Waals surface area contributed by atoms with Gasteiger partial charge in [-0.25, -0.2) is 0 Å². The molecule has 4 rings (SSSR count). The summed E-state index contributed by atoms with van der Waals surface area (Å²) in [5.74, 6) is -0.430. The van der Waals surface area contributed by atoms with Gasteiger partial charge in [-0.3, -0.25) is 0 Å². The molecule has 1 aromatic carbocycles. The Bertz CT molecular complexity index is 541. The van der Waals surface area contributed by atoms with E-state index in [1.165, 1.54) is 0 Å². The number of nitrogens with zero attached hydrogens (tertiary/aromatic N) is 2. The summed E-state index contributed by atoms with van der Waals surface area (Å²) in [6, 6.07) is 8.46. The van der Waals surface area contributed by atoms with E-state index >= 15 is 0 Å². The summed E-state index contributed by atoms with van der Waals surface area (Å²) in [4.78, 5) is 6.59. The SMILES string of the molecule is c1ccc2oc(N3CCC4(C3)OCCO4)nc2c1. The summed E-state index contributed by atoms with van der Waals surface area (Å²) in [5.41, 5.74) is 1.71. The van der Waals surface area contributed by atoms with Crippen molar-refractivity contribution >= 4 is 17.1 Å². The van der Waals surface area contributed by atoms with Gasteiger partial charge in [0, 0.05) is 13.0 Å². The Hall–Kier alpha value is -1.59. The third-order valence-electron chi connectivity index (χ3n) is 3.56. The molecule has 1 aromatic heterocycles. The zero-order chi connectivity index (χ0) is 12.0. The van der Waals surface area contributed by atoms with Crippen molar-refractivity contribution in [3.63, 3.8) is 0 Å². The fraction of sp³-hybridized carbons (Fsp3) is 0.462. The summed E-state index contributed by atoms with van der Waals surface area (Å²) in [7, 11) is 0. The van der Waals surface area contributed by atoms with Gasteiger partial charge in [-0.1, -0.05) is 12.1 Å². The predicted octanol–water partition coefficient (Wildman–Crippen LogP) is 1.78. The molecule has 0 bridgehead atoms. The highest BCUT2D eigenvalue weighted by atomic mass is 16.7. The number of anilines is 1. The molecule has 0 aliphatic carbocycles. The molecule has 0 unspecified atom stereocenters. The van der Waals surface area contributed by atoms with Crippen LogP contribution in [-0.4, -0.2) is 37.1 Å². The molecule has 5 heteroatoms. The van der Waals surface area contributed by atoms with Crippen molar-refractivity contribution < 1.29 is 13.9 Å². The number of ether oxygens (including phenoxy) is 2. The van der Waals surface area contributed by atoms with E-state index in [2.05, 4.69) is 9.88 Å². The highest BCUT2D eigenvalue weighted by molar-refractivity contribution is 5.74. The molecule has 0 amide bonds. The van der Waals surface area contributed by atoms with Crippen LogP contribution < -0.4 is 4.90 Å². The van der Waals surface area contributed by atoms with E-state index in [-0.39, 0.29) is 0 Å². The molecule has 94 valence electrons. The van der Waals surface area contributed by atoms with Crippen LogP contribution in [0, 0.1) is 0 Å². The van der Waals surface area contributed by atoms with Crippen LogP contribution in [0.1, 0.15) is 6.42 Å². The highest BCUT2D eigenvalue weighted by Crippen LogP contribution is 2.34. The van der Waals surface area contributed by atoms with Crippen molar-refractivity contribution in [2.75, 3.05) is 31.2 Å². The molecule has 0 saturated carbocycles. The quantitative estimate of drug-likeness (QED) is 0.767. The van der Waals surface area contributed by atoms with Gasteiger partial charge in [0.05, 0.1) is 19.8 Å². The molecule has 1 spiro atoms. The summed E-state index contributed by atoms with van der Waals surface area (Å²) in [6.45, 7) is 2.91. The molecule has 5 nitrogen and oxygen atoms in total. The van der Waals surface area contributed by atoms with Crippen molar-refractivity contribution in [1.29, 1.82) is 0 Å². The number of hydrogen-bond donors (Lipinski definition) is 0. The second-order valence-electron chi connectivity index (χ2n) is 4.74. The minimum Gasteiger partial charge on any atom is -0.423 e. The van der Waals surface area contributed by atoms with Crippen LogP contribution in [-0.2, 0) is 9.47 Å². The van der Waals surface area contributed by atoms with Crippen molar-refractivity contribution in [2.45, 2.75) is 12.2 Å². The number of benzene rings is 1. The van der Waals surface area contributed by atoms with Gasteiger partial charge in [0.1, 0.15) is 5.52 Å². The Morgan fingerprint density at radius 3 is 2.83 bits per heavy atom. The van der Waals surface area contributed by atoms with Gasteiger partial charge >= 0.3 is 0 Å². The Morgan fingerprint density at radius 1 is 1.17 bits per heavy atom. The van der Waals surface area contributed by atoms with Gasteiger partial charge in [-0.15, -0.1) is 0 Å². The first-order chi connectivity index (χ1) is 8.85. The summed E-state index contributed by atoms with van der Waals surface area (Å²) in [6.07, 6.45) is 0.867. The second kappa shape index (κ2) is 3.70. The van der Waals surface area contributed by atoms with E-state index in [1.807, 2.05) is 24.3 Å². The summed E-state index contributed by atoms with van der Waals surface area (Å²) in [5, 5.41) is 0. The molecule has 0 radical (unpaired) electrons. The van der Waals surface area contributed by atoms with Gasteiger partial charge in [-0.2, -0.15) is 4.98 Å². The van der Waals surface area contributed by atoms with Gasteiger partial charge in [0.25, 0.3) is 6.01 Å². The average Bonchev–Trinajstić information content (AvgIpc) is 3.10. The van der Waals surface area contributed by atoms with Crippen LogP contribution in [0.25, 0.3) is 11.1 Å². The normalized spacial score (nSPS) is 22.3. The lowest BCUT2D eigenvalue weighted by molar-refractivity contribution is -0.138. The first-order valence-corrected chi connectivity index (χ1v) is 6.23. The van der Waals surface area contributed by atoms with Crippen LogP contribution in [0.3, 0.4) is 0 Å². The zero-order valence-corrected chi connectivity index (χ0v) is 9.96. The molecule has 2 aromatic rings. The lowest BCUT2D eigenvalue weighted by Crippen LogP contribution is -2.34. The van der Waals surface area contributed by atoms with E-state index in [1.54, 1.807) is 0 Å². The molecule has 2 aliphatic heterocycles. The standard InChI is InChI=1S/C13H14N2O3/c1-2-4-11-10(3-1)14-12(18-11)15-6-5-13(9-15)16-7-8-17-13/h1-4H,5-9H2. The van der Waals surface area contributed by atoms with Crippen LogP contribution in [0.2, 0.25) is 0 Å². The van der Waals surface area contributed by atoms with Crippen LogP contribution in [0.4, 0.5) is 6.01 Å². The molecule has 18 heavy (non-hydrogen) atoms. The number of para-hydroxylation sites is 2. The summed E-state index contributed by atoms with van der Waals surface area (Å²) >= 11 is 0. The zero-order valence-electron chi connectivity index (χ0n) is 9.96. The van der Waals surface area contributed by atoms with Crippen molar-refractivity contribution in [3.8, 4) is 0 Å². The molecular weight excluding hydrogens is 232 g/mol. The maximum atomic E-state index is 5.76. The fourth-order valence-corrected chi connectivity index (χ4v) is 2.65. The van der Waals surface area contributed by atoms with Crippen LogP contribution in [0.5, 0.6) is 0 Å². The maximum absolute atomic E-state index is 5.76. The third-order valence-corrected chi connectivity index (χ3v) is 3.56. The van der Waals surface area contributed by atoms with E-state index in [9.17, 15) is 0 Å². The second-order valence-corrected chi connectivity index (χ2v) is 4.74. The predicted molar refractivity (Wildman–Crippen MR) is 65.5 cm³/mol. The Labute approximate surface area is 104 Å². The molecule has 3 heterocycles. The lowest BCUT2D eigenvalue weighted by Gasteiger charge is -2.21. The first-order valence-electron chi connectivity index (χ1n) is 6.23. The Kier molecular flexibility index (Phi) is 2.13.